The second kappa shape index (κ2) is 14.7. The van der Waals surface area contributed by atoms with Crippen molar-refractivity contribution in [3.8, 4) is 5.75 Å². The summed E-state index contributed by atoms with van der Waals surface area (Å²) < 4.78 is 8.61. The Morgan fingerprint density at radius 3 is 1.89 bits per heavy atom. The highest BCUT2D eigenvalue weighted by molar-refractivity contribution is 8.12. The quantitative estimate of drug-likeness (QED) is 0.145. The molecule has 0 amide bonds. The van der Waals surface area contributed by atoms with E-state index in [0.29, 0.717) is 0 Å². The molecule has 1 atom stereocenters. The van der Waals surface area contributed by atoms with Crippen LogP contribution in [0.2, 0.25) is 0 Å². The van der Waals surface area contributed by atoms with E-state index in [9.17, 15) is 0 Å². The van der Waals surface area contributed by atoms with Crippen LogP contribution in [0.3, 0.4) is 0 Å². The first-order valence-corrected chi connectivity index (χ1v) is 16.3. The summed E-state index contributed by atoms with van der Waals surface area (Å²) >= 11 is 8.25. The molecule has 5 heteroatoms. The Morgan fingerprint density at radius 1 is 0.816 bits per heavy atom. The molecule has 2 nitrogen and oxygen atoms in total. The van der Waals surface area contributed by atoms with Gasteiger partial charge in [0.05, 0.1) is 11.6 Å². The zero-order valence-corrected chi connectivity index (χ0v) is 26.5. The summed E-state index contributed by atoms with van der Waals surface area (Å²) in [6.07, 6.45) is 4.52. The summed E-state index contributed by atoms with van der Waals surface area (Å²) in [5.74, 6) is 2.78. The van der Waals surface area contributed by atoms with Crippen molar-refractivity contribution in [2.24, 2.45) is 0 Å². The molecule has 3 aromatic carbocycles. The maximum atomic E-state index is 6.09. The topological polar surface area (TPSA) is 12.5 Å². The van der Waals surface area contributed by atoms with Crippen LogP contribution < -0.4 is 4.74 Å². The van der Waals surface area contributed by atoms with Gasteiger partial charge in [0.2, 0.25) is 0 Å². The first kappa shape index (κ1) is 31.0. The number of rotatable bonds is 15. The summed E-state index contributed by atoms with van der Waals surface area (Å²) in [5, 5.41) is 0. The van der Waals surface area contributed by atoms with E-state index in [1.54, 1.807) is 0 Å². The van der Waals surface area contributed by atoms with Crippen molar-refractivity contribution in [3.63, 3.8) is 0 Å². The maximum Gasteiger partial charge on any atom is 0.119 e. The van der Waals surface area contributed by atoms with Crippen molar-refractivity contribution < 1.29 is 4.74 Å². The lowest BCUT2D eigenvalue weighted by Gasteiger charge is -2.42. The van der Waals surface area contributed by atoms with E-state index in [1.165, 1.54) is 21.6 Å². The molecule has 0 aromatic heterocycles. The van der Waals surface area contributed by atoms with Crippen molar-refractivity contribution in [1.29, 1.82) is 0 Å². The van der Waals surface area contributed by atoms with Gasteiger partial charge in [-0.15, -0.1) is 0 Å². The highest BCUT2D eigenvalue weighted by atomic mass is 32.2. The Bertz CT molecular complexity index is 1080. The molecule has 0 spiro atoms. The summed E-state index contributed by atoms with van der Waals surface area (Å²) in [5.41, 5.74) is 3.80. The van der Waals surface area contributed by atoms with Gasteiger partial charge in [-0.05, 0) is 79.1 Å². The smallest absolute Gasteiger partial charge is 0.119 e. The van der Waals surface area contributed by atoms with Crippen LogP contribution in [0, 0.1) is 0 Å². The van der Waals surface area contributed by atoms with Gasteiger partial charge in [0.25, 0.3) is 0 Å². The van der Waals surface area contributed by atoms with Crippen molar-refractivity contribution >= 4 is 36.5 Å². The molecule has 3 aromatic rings. The lowest BCUT2D eigenvalue weighted by atomic mass is 9.76. The predicted octanol–water partition coefficient (Wildman–Crippen LogP) is 10.2. The van der Waals surface area contributed by atoms with E-state index in [2.05, 4.69) is 137 Å². The fourth-order valence-electron chi connectivity index (χ4n) is 4.97. The molecule has 0 aliphatic carbocycles. The van der Waals surface area contributed by atoms with Gasteiger partial charge in [0.15, 0.2) is 0 Å². The first-order chi connectivity index (χ1) is 18.3. The van der Waals surface area contributed by atoms with Gasteiger partial charge < -0.3 is 4.74 Å². The normalized spacial score (nSPS) is 13.1. The Morgan fingerprint density at radius 2 is 1.37 bits per heavy atom. The van der Waals surface area contributed by atoms with E-state index in [4.69, 9.17) is 4.74 Å². The Hall–Kier alpha value is -1.53. The van der Waals surface area contributed by atoms with Crippen LogP contribution in [-0.4, -0.2) is 21.3 Å². The number of benzene rings is 3. The number of thiol groups is 1. The molecule has 3 rings (SSSR count). The van der Waals surface area contributed by atoms with Crippen LogP contribution in [0.4, 0.5) is 0 Å². The van der Waals surface area contributed by atoms with Crippen molar-refractivity contribution in [2.75, 3.05) is 11.5 Å². The second-order valence-electron chi connectivity index (χ2n) is 10.4. The highest BCUT2D eigenvalue weighted by Crippen LogP contribution is 2.47. The monoisotopic (exact) mass is 567 g/mol. The van der Waals surface area contributed by atoms with Crippen LogP contribution in [0.15, 0.2) is 83.8 Å². The van der Waals surface area contributed by atoms with Gasteiger partial charge in [0, 0.05) is 21.8 Å². The van der Waals surface area contributed by atoms with Crippen LogP contribution in [0.25, 0.3) is 0 Å². The molecule has 0 saturated heterocycles. The van der Waals surface area contributed by atoms with E-state index in [-0.39, 0.29) is 17.1 Å². The van der Waals surface area contributed by atoms with E-state index in [1.807, 2.05) is 23.9 Å². The summed E-state index contributed by atoms with van der Waals surface area (Å²) in [4.78, 5) is 1.26. The molecule has 0 bridgehead atoms. The van der Waals surface area contributed by atoms with Gasteiger partial charge in [-0.3, -0.25) is 0 Å². The molecule has 0 aliphatic rings. The van der Waals surface area contributed by atoms with Gasteiger partial charge in [-0.1, -0.05) is 108 Å². The molecule has 206 valence electrons. The summed E-state index contributed by atoms with van der Waals surface area (Å²) in [6, 6.07) is 28.8. The predicted molar refractivity (Wildman–Crippen MR) is 173 cm³/mol. The third-order valence-corrected chi connectivity index (χ3v) is 10.5. The number of ether oxygens (including phenoxy) is 1. The molecule has 0 saturated carbocycles. The summed E-state index contributed by atoms with van der Waals surface area (Å²) in [7, 11) is 0. The lowest BCUT2D eigenvalue weighted by Crippen LogP contribution is -2.37. The molecule has 0 heterocycles. The first-order valence-electron chi connectivity index (χ1n) is 14.0. The number of hydrogen-bond acceptors (Lipinski definition) is 5. The van der Waals surface area contributed by atoms with Gasteiger partial charge in [-0.25, -0.2) is 0 Å². The lowest BCUT2D eigenvalue weighted by molar-refractivity contribution is 0.210. The standard InChI is InChI=1S/C33H45NOS3/c1-7-13-26(4)35-30-22-20-28(21-23-30)32(5,6)27-16-18-29(19-17-27)33(8-2,9-3)34(37-25-24-36)38-31-14-11-10-12-15-31/h10-12,14-23,26,36H,7-9,13,24-25H2,1-6H3. The molecular weight excluding hydrogens is 523 g/mol. The fourth-order valence-corrected chi connectivity index (χ4v) is 7.78. The number of hydrogen-bond donors (Lipinski definition) is 1. The van der Waals surface area contributed by atoms with Crippen LogP contribution in [0.1, 0.15) is 83.9 Å². The van der Waals surface area contributed by atoms with Gasteiger partial charge >= 0.3 is 0 Å². The largest absolute Gasteiger partial charge is 0.491 e. The molecule has 38 heavy (non-hydrogen) atoms. The van der Waals surface area contributed by atoms with E-state index >= 15 is 0 Å². The molecule has 0 aliphatic heterocycles. The minimum atomic E-state index is -0.105. The molecule has 0 radical (unpaired) electrons. The number of nitrogens with zero attached hydrogens (tertiary/aromatic N) is 1. The maximum absolute atomic E-state index is 6.09. The van der Waals surface area contributed by atoms with Crippen LogP contribution in [0.5, 0.6) is 5.75 Å². The van der Waals surface area contributed by atoms with Crippen molar-refractivity contribution in [1.82, 2.24) is 3.71 Å². The Kier molecular flexibility index (Phi) is 12.0. The zero-order valence-electron chi connectivity index (χ0n) is 23.9. The van der Waals surface area contributed by atoms with E-state index in [0.717, 1.165) is 42.9 Å². The molecule has 1 unspecified atom stereocenters. The second-order valence-corrected chi connectivity index (χ2v) is 13.1. The Balaban J connectivity index is 1.87. The minimum Gasteiger partial charge on any atom is -0.491 e. The van der Waals surface area contributed by atoms with Crippen molar-refractivity contribution in [2.45, 2.75) is 89.2 Å². The third-order valence-electron chi connectivity index (χ3n) is 7.50. The fraction of sp³-hybridized carbons (Fsp3) is 0.455. The van der Waals surface area contributed by atoms with Crippen molar-refractivity contribution in [3.05, 3.63) is 95.6 Å². The SMILES string of the molecule is CCCC(C)Oc1ccc(C(C)(C)c2ccc(C(CC)(CC)N(SCCS)Sc3ccccc3)cc2)cc1. The minimum absolute atomic E-state index is 0.0784. The molecule has 0 fully saturated rings. The van der Waals surface area contributed by atoms with Crippen LogP contribution >= 0.6 is 36.5 Å². The molecular formula is C33H45NOS3. The van der Waals surface area contributed by atoms with Crippen LogP contribution in [-0.2, 0) is 11.0 Å². The molecule has 0 N–H and O–H groups in total. The Labute approximate surface area is 246 Å². The average Bonchev–Trinajstić information content (AvgIpc) is 2.94. The average molecular weight is 568 g/mol. The van der Waals surface area contributed by atoms with Gasteiger partial charge in [-0.2, -0.15) is 16.3 Å². The van der Waals surface area contributed by atoms with E-state index < -0.39 is 0 Å². The third kappa shape index (κ3) is 7.56. The summed E-state index contributed by atoms with van der Waals surface area (Å²) in [6.45, 7) is 13.6. The highest BCUT2D eigenvalue weighted by Gasteiger charge is 2.37. The van der Waals surface area contributed by atoms with Gasteiger partial charge in [0.1, 0.15) is 5.75 Å². The zero-order chi connectivity index (χ0) is 27.6.